The van der Waals surface area contributed by atoms with Gasteiger partial charge >= 0.3 is 7.59 Å². The minimum absolute atomic E-state index is 0.741. The van der Waals surface area contributed by atoms with Crippen molar-refractivity contribution in [3.8, 4) is 0 Å². The lowest BCUT2D eigenvalue weighted by Gasteiger charge is -2.24. The van der Waals surface area contributed by atoms with Gasteiger partial charge in [-0.25, -0.2) is 0 Å². The number of benzene rings is 3. The topological polar surface area (TPSA) is 53.2 Å². The van der Waals surface area contributed by atoms with Crippen LogP contribution in [0, 0.1) is 0 Å². The molecule has 0 saturated carbocycles. The second-order valence-corrected chi connectivity index (χ2v) is 10.1. The Kier molecular flexibility index (Phi) is 6.46. The predicted octanol–water partition coefficient (Wildman–Crippen LogP) is 7.72. The molecule has 3 aromatic carbocycles. The van der Waals surface area contributed by atoms with Gasteiger partial charge in [0.2, 0.25) is 0 Å². The Labute approximate surface area is 177 Å². The van der Waals surface area contributed by atoms with Crippen LogP contribution in [0.25, 0.3) is 0 Å². The van der Waals surface area contributed by atoms with Crippen LogP contribution in [0.2, 0.25) is 0 Å². The number of halogens is 3. The van der Waals surface area contributed by atoms with E-state index in [0.717, 1.165) is 30.5 Å². The van der Waals surface area contributed by atoms with Crippen LogP contribution in [0.3, 0.4) is 0 Å². The number of anilines is 3. The molecule has 0 heterocycles. The van der Waals surface area contributed by atoms with E-state index in [0.29, 0.717) is 0 Å². The van der Waals surface area contributed by atoms with Gasteiger partial charge in [0.15, 0.2) is 0 Å². The van der Waals surface area contributed by atoms with Crippen LogP contribution in [0.1, 0.15) is 0 Å². The third kappa shape index (κ3) is 5.61. The second kappa shape index (κ2) is 8.61. The number of nitrogens with one attached hydrogen (secondary N) is 3. The molecule has 0 amide bonds. The van der Waals surface area contributed by atoms with Crippen molar-refractivity contribution in [3.05, 3.63) is 86.2 Å². The Balaban J connectivity index is 1.88. The molecule has 134 valence electrons. The molecule has 0 saturated heterocycles. The van der Waals surface area contributed by atoms with Gasteiger partial charge in [-0.05, 0) is 72.8 Å². The summed E-state index contributed by atoms with van der Waals surface area (Å²) in [7, 11) is -3.23. The SMILES string of the molecule is O=P(Nc1ccc(Br)cc1)(Nc1ccc(Br)cc1)Nc1ccc(Br)cc1. The van der Waals surface area contributed by atoms with Crippen molar-refractivity contribution in [2.24, 2.45) is 0 Å². The van der Waals surface area contributed by atoms with E-state index in [2.05, 4.69) is 63.1 Å². The molecule has 0 bridgehead atoms. The molecule has 3 rings (SSSR count). The molecule has 4 nitrogen and oxygen atoms in total. The third-order valence-corrected chi connectivity index (χ3v) is 6.70. The van der Waals surface area contributed by atoms with Crippen LogP contribution >= 0.6 is 55.4 Å². The first kappa shape index (κ1) is 19.5. The minimum Gasteiger partial charge on any atom is -0.304 e. The summed E-state index contributed by atoms with van der Waals surface area (Å²) in [5.74, 6) is 0. The van der Waals surface area contributed by atoms with Gasteiger partial charge in [0, 0.05) is 30.5 Å². The maximum atomic E-state index is 13.6. The van der Waals surface area contributed by atoms with Crippen LogP contribution in [0.5, 0.6) is 0 Å². The molecule has 3 aromatic rings. The molecule has 0 radical (unpaired) electrons. The highest BCUT2D eigenvalue weighted by Crippen LogP contribution is 2.45. The van der Waals surface area contributed by atoms with Crippen molar-refractivity contribution in [1.29, 1.82) is 0 Å². The van der Waals surface area contributed by atoms with Crippen LogP contribution in [0.15, 0.2) is 86.2 Å². The number of hydrogen-bond donors (Lipinski definition) is 3. The van der Waals surface area contributed by atoms with Crippen LogP contribution < -0.4 is 15.3 Å². The van der Waals surface area contributed by atoms with E-state index < -0.39 is 7.59 Å². The minimum atomic E-state index is -3.23. The normalized spacial score (nSPS) is 11.0. The summed E-state index contributed by atoms with van der Waals surface area (Å²) in [4.78, 5) is 0. The summed E-state index contributed by atoms with van der Waals surface area (Å²) in [6.45, 7) is 0. The van der Waals surface area contributed by atoms with Crippen molar-refractivity contribution < 1.29 is 4.57 Å². The Morgan fingerprint density at radius 3 is 0.962 bits per heavy atom. The van der Waals surface area contributed by atoms with Gasteiger partial charge in [0.05, 0.1) is 0 Å². The Morgan fingerprint density at radius 1 is 0.500 bits per heavy atom. The monoisotopic (exact) mass is 557 g/mol. The van der Waals surface area contributed by atoms with Crippen molar-refractivity contribution >= 4 is 72.4 Å². The molecule has 0 fully saturated rings. The lowest BCUT2D eigenvalue weighted by Crippen LogP contribution is -2.14. The molecule has 0 aliphatic heterocycles. The summed E-state index contributed by atoms with van der Waals surface area (Å²) in [5.41, 5.74) is 2.22. The zero-order valence-corrected chi connectivity index (χ0v) is 19.1. The van der Waals surface area contributed by atoms with E-state index in [-0.39, 0.29) is 0 Å². The maximum Gasteiger partial charge on any atom is 0.352 e. The smallest absolute Gasteiger partial charge is 0.304 e. The third-order valence-electron chi connectivity index (χ3n) is 3.39. The van der Waals surface area contributed by atoms with Crippen molar-refractivity contribution in [2.45, 2.75) is 0 Å². The van der Waals surface area contributed by atoms with Gasteiger partial charge in [-0.3, -0.25) is 4.57 Å². The van der Waals surface area contributed by atoms with Gasteiger partial charge in [-0.2, -0.15) is 0 Å². The zero-order chi connectivity index (χ0) is 18.6. The highest BCUT2D eigenvalue weighted by molar-refractivity contribution is 9.11. The summed E-state index contributed by atoms with van der Waals surface area (Å²) in [6.07, 6.45) is 0. The average molecular weight is 560 g/mol. The summed E-state index contributed by atoms with van der Waals surface area (Å²) < 4.78 is 16.5. The largest absolute Gasteiger partial charge is 0.352 e. The molecule has 0 atom stereocenters. The molecule has 26 heavy (non-hydrogen) atoms. The lowest BCUT2D eigenvalue weighted by molar-refractivity contribution is 0.585. The van der Waals surface area contributed by atoms with E-state index >= 15 is 0 Å². The first-order valence-corrected chi connectivity index (χ1v) is 11.7. The fourth-order valence-electron chi connectivity index (χ4n) is 2.20. The molecule has 0 unspecified atom stereocenters. The fourth-order valence-corrected chi connectivity index (χ4v) is 4.70. The molecule has 0 spiro atoms. The molecule has 0 aliphatic carbocycles. The average Bonchev–Trinajstić information content (AvgIpc) is 2.61. The Morgan fingerprint density at radius 2 is 0.731 bits per heavy atom. The molecule has 0 aliphatic rings. The molecular weight excluding hydrogens is 545 g/mol. The fraction of sp³-hybridized carbons (Fsp3) is 0. The highest BCUT2D eigenvalue weighted by Gasteiger charge is 2.22. The second-order valence-electron chi connectivity index (χ2n) is 5.47. The first-order chi connectivity index (χ1) is 12.4. The van der Waals surface area contributed by atoms with Gasteiger partial charge in [0.1, 0.15) is 0 Å². The maximum absolute atomic E-state index is 13.6. The summed E-state index contributed by atoms with van der Waals surface area (Å²) in [6, 6.07) is 22.6. The number of hydrogen-bond acceptors (Lipinski definition) is 1. The summed E-state index contributed by atoms with van der Waals surface area (Å²) >= 11 is 10.2. The molecule has 0 aromatic heterocycles. The van der Waals surface area contributed by atoms with Crippen molar-refractivity contribution in [2.75, 3.05) is 15.3 Å². The van der Waals surface area contributed by atoms with Gasteiger partial charge in [0.25, 0.3) is 0 Å². The first-order valence-electron chi connectivity index (χ1n) is 7.63. The van der Waals surface area contributed by atoms with Crippen molar-refractivity contribution in [1.82, 2.24) is 0 Å². The van der Waals surface area contributed by atoms with Crippen molar-refractivity contribution in [3.63, 3.8) is 0 Å². The predicted molar refractivity (Wildman–Crippen MR) is 121 cm³/mol. The van der Waals surface area contributed by atoms with Crippen LogP contribution in [0.4, 0.5) is 17.1 Å². The molecular formula is C18H15Br3N3OP. The molecule has 8 heteroatoms. The molecule has 3 N–H and O–H groups in total. The van der Waals surface area contributed by atoms with Gasteiger partial charge < -0.3 is 15.3 Å². The highest BCUT2D eigenvalue weighted by atomic mass is 79.9. The quantitative estimate of drug-likeness (QED) is 0.271. The van der Waals surface area contributed by atoms with E-state index in [9.17, 15) is 4.57 Å². The Hall–Kier alpha value is -1.27. The van der Waals surface area contributed by atoms with Crippen LogP contribution in [-0.4, -0.2) is 0 Å². The summed E-state index contributed by atoms with van der Waals surface area (Å²) in [5, 5.41) is 9.29. The standard InChI is InChI=1S/C18H15Br3N3OP/c19-13-1-7-16(8-2-13)22-26(25,23-17-9-3-14(20)4-10-17)24-18-11-5-15(21)6-12-18/h1-12H,(H3,22,23,24,25). The van der Waals surface area contributed by atoms with Gasteiger partial charge in [-0.1, -0.05) is 47.8 Å². The van der Waals surface area contributed by atoms with E-state index in [1.54, 1.807) is 0 Å². The van der Waals surface area contributed by atoms with E-state index in [4.69, 9.17) is 0 Å². The zero-order valence-electron chi connectivity index (χ0n) is 13.4. The van der Waals surface area contributed by atoms with E-state index in [1.807, 2.05) is 72.8 Å². The van der Waals surface area contributed by atoms with Crippen LogP contribution in [-0.2, 0) is 4.57 Å². The lowest BCUT2D eigenvalue weighted by atomic mass is 10.3. The number of rotatable bonds is 6. The van der Waals surface area contributed by atoms with Gasteiger partial charge in [-0.15, -0.1) is 0 Å². The van der Waals surface area contributed by atoms with E-state index in [1.165, 1.54) is 0 Å². The Bertz CT molecular complexity index is 793.